The zero-order valence-corrected chi connectivity index (χ0v) is 10.6. The first-order valence-corrected chi connectivity index (χ1v) is 6.47. The van der Waals surface area contributed by atoms with Crippen LogP contribution in [0.25, 0.3) is 0 Å². The first-order chi connectivity index (χ1) is 8.78. The Hall–Kier alpha value is -1.61. The minimum atomic E-state index is -0.0680. The van der Waals surface area contributed by atoms with E-state index < -0.39 is 0 Å². The minimum Gasteiger partial charge on any atom is -0.349 e. The Bertz CT molecular complexity index is 402. The highest BCUT2D eigenvalue weighted by Crippen LogP contribution is 2.13. The number of amides is 1. The van der Waals surface area contributed by atoms with Gasteiger partial charge in [0, 0.05) is 19.1 Å². The number of nitrogens with zero attached hydrogens (tertiary/aromatic N) is 1. The number of carbonyl (C=O) groups excluding carboxylic acids is 1. The number of piperidine rings is 1. The highest BCUT2D eigenvalue weighted by atomic mass is 16.1. The minimum absolute atomic E-state index is 0.0680. The highest BCUT2D eigenvalue weighted by Gasteiger charge is 2.20. The van der Waals surface area contributed by atoms with Gasteiger partial charge in [-0.15, -0.1) is 0 Å². The molecule has 1 aliphatic heterocycles. The average Bonchev–Trinajstić information content (AvgIpc) is 2.40. The van der Waals surface area contributed by atoms with Crippen LogP contribution in [0, 0.1) is 0 Å². The fourth-order valence-electron chi connectivity index (χ4n) is 2.42. The second kappa shape index (κ2) is 6.36. The molecule has 1 unspecified atom stereocenters. The molecule has 1 atom stereocenters. The van der Waals surface area contributed by atoms with Gasteiger partial charge in [-0.25, -0.2) is 0 Å². The van der Waals surface area contributed by atoms with Crippen LogP contribution in [0.15, 0.2) is 43.0 Å². The lowest BCUT2D eigenvalue weighted by Gasteiger charge is -2.32. The van der Waals surface area contributed by atoms with Gasteiger partial charge in [-0.05, 0) is 31.0 Å². The molecule has 0 radical (unpaired) electrons. The van der Waals surface area contributed by atoms with Gasteiger partial charge in [0.2, 0.25) is 5.91 Å². The van der Waals surface area contributed by atoms with Gasteiger partial charge in [0.05, 0.1) is 0 Å². The molecule has 1 heterocycles. The van der Waals surface area contributed by atoms with Crippen molar-refractivity contribution in [2.45, 2.75) is 25.4 Å². The summed E-state index contributed by atoms with van der Waals surface area (Å²) in [5.74, 6) is -0.0680. The predicted molar refractivity (Wildman–Crippen MR) is 73.1 cm³/mol. The van der Waals surface area contributed by atoms with E-state index in [-0.39, 0.29) is 11.9 Å². The Balaban J connectivity index is 1.87. The summed E-state index contributed by atoms with van der Waals surface area (Å²) in [7, 11) is 0. The van der Waals surface area contributed by atoms with Gasteiger partial charge in [-0.2, -0.15) is 0 Å². The Labute approximate surface area is 108 Å². The van der Waals surface area contributed by atoms with Crippen LogP contribution in [-0.4, -0.2) is 29.9 Å². The highest BCUT2D eigenvalue weighted by molar-refractivity contribution is 5.87. The maximum atomic E-state index is 11.3. The number of hydrogen-bond donors (Lipinski definition) is 1. The topological polar surface area (TPSA) is 32.3 Å². The normalized spacial score (nSPS) is 20.3. The molecule has 0 aliphatic carbocycles. The molecule has 18 heavy (non-hydrogen) atoms. The molecule has 0 saturated carbocycles. The van der Waals surface area contributed by atoms with Crippen molar-refractivity contribution >= 4 is 5.91 Å². The monoisotopic (exact) mass is 244 g/mol. The lowest BCUT2D eigenvalue weighted by atomic mass is 10.0. The molecule has 3 heteroatoms. The quantitative estimate of drug-likeness (QED) is 0.821. The summed E-state index contributed by atoms with van der Waals surface area (Å²) in [6.45, 7) is 6.48. The SMILES string of the molecule is C=CC(=O)NC1CCCN(Cc2ccccc2)C1. The molecule has 3 nitrogen and oxygen atoms in total. The van der Waals surface area contributed by atoms with Crippen molar-refractivity contribution in [3.8, 4) is 0 Å². The van der Waals surface area contributed by atoms with Crippen molar-refractivity contribution in [2.24, 2.45) is 0 Å². The molecule has 0 bridgehead atoms. The van der Waals surface area contributed by atoms with Crippen molar-refractivity contribution in [1.82, 2.24) is 10.2 Å². The third-order valence-corrected chi connectivity index (χ3v) is 3.29. The second-order valence-electron chi connectivity index (χ2n) is 4.77. The van der Waals surface area contributed by atoms with Crippen molar-refractivity contribution in [2.75, 3.05) is 13.1 Å². The molecule has 1 aromatic rings. The summed E-state index contributed by atoms with van der Waals surface area (Å²) < 4.78 is 0. The molecule has 1 fully saturated rings. The van der Waals surface area contributed by atoms with Crippen LogP contribution in [0.1, 0.15) is 18.4 Å². The van der Waals surface area contributed by atoms with E-state index in [4.69, 9.17) is 0 Å². The summed E-state index contributed by atoms with van der Waals surface area (Å²) in [6, 6.07) is 10.7. The molecule has 1 N–H and O–H groups in total. The fourth-order valence-corrected chi connectivity index (χ4v) is 2.42. The first kappa shape index (κ1) is 12.8. The van der Waals surface area contributed by atoms with Crippen molar-refractivity contribution < 1.29 is 4.79 Å². The third-order valence-electron chi connectivity index (χ3n) is 3.29. The zero-order chi connectivity index (χ0) is 12.8. The molecule has 1 aromatic carbocycles. The van der Waals surface area contributed by atoms with Crippen LogP contribution in [-0.2, 0) is 11.3 Å². The number of nitrogens with one attached hydrogen (secondary N) is 1. The molecular weight excluding hydrogens is 224 g/mol. The number of benzene rings is 1. The van der Waals surface area contributed by atoms with Gasteiger partial charge in [-0.1, -0.05) is 36.9 Å². The Morgan fingerprint density at radius 2 is 2.22 bits per heavy atom. The van der Waals surface area contributed by atoms with E-state index in [1.807, 2.05) is 6.07 Å². The molecule has 1 amide bonds. The summed E-state index contributed by atoms with van der Waals surface area (Å²) in [4.78, 5) is 13.7. The fraction of sp³-hybridized carbons (Fsp3) is 0.400. The van der Waals surface area contributed by atoms with E-state index in [2.05, 4.69) is 41.1 Å². The van der Waals surface area contributed by atoms with E-state index in [0.29, 0.717) is 0 Å². The number of carbonyl (C=O) groups is 1. The van der Waals surface area contributed by atoms with Crippen LogP contribution < -0.4 is 5.32 Å². The van der Waals surface area contributed by atoms with Crippen molar-refractivity contribution in [1.29, 1.82) is 0 Å². The molecular formula is C15H20N2O. The second-order valence-corrected chi connectivity index (χ2v) is 4.77. The van der Waals surface area contributed by atoms with E-state index in [1.165, 1.54) is 11.6 Å². The van der Waals surface area contributed by atoms with Gasteiger partial charge >= 0.3 is 0 Å². The van der Waals surface area contributed by atoms with Crippen molar-refractivity contribution in [3.63, 3.8) is 0 Å². The van der Waals surface area contributed by atoms with Crippen LogP contribution in [0.5, 0.6) is 0 Å². The predicted octanol–water partition coefficient (Wildman–Crippen LogP) is 1.95. The molecule has 2 rings (SSSR count). The largest absolute Gasteiger partial charge is 0.349 e. The molecule has 0 spiro atoms. The van der Waals surface area contributed by atoms with Gasteiger partial charge < -0.3 is 5.32 Å². The third kappa shape index (κ3) is 3.70. The number of hydrogen-bond acceptors (Lipinski definition) is 2. The van der Waals surface area contributed by atoms with Crippen LogP contribution in [0.2, 0.25) is 0 Å². The smallest absolute Gasteiger partial charge is 0.243 e. The first-order valence-electron chi connectivity index (χ1n) is 6.47. The van der Waals surface area contributed by atoms with E-state index in [0.717, 1.165) is 32.5 Å². The van der Waals surface area contributed by atoms with Crippen LogP contribution in [0.3, 0.4) is 0 Å². The Morgan fingerprint density at radius 3 is 2.94 bits per heavy atom. The van der Waals surface area contributed by atoms with E-state index in [9.17, 15) is 4.79 Å². The summed E-state index contributed by atoms with van der Waals surface area (Å²) in [6.07, 6.45) is 3.54. The summed E-state index contributed by atoms with van der Waals surface area (Å²) >= 11 is 0. The lowest BCUT2D eigenvalue weighted by molar-refractivity contribution is -0.117. The Kier molecular flexibility index (Phi) is 4.53. The molecule has 1 saturated heterocycles. The standard InChI is InChI=1S/C15H20N2O/c1-2-15(18)16-14-9-6-10-17(12-14)11-13-7-4-3-5-8-13/h2-5,7-8,14H,1,6,9-12H2,(H,16,18). The molecule has 1 aliphatic rings. The van der Waals surface area contributed by atoms with Gasteiger partial charge in [0.25, 0.3) is 0 Å². The maximum absolute atomic E-state index is 11.3. The molecule has 0 aromatic heterocycles. The van der Waals surface area contributed by atoms with Crippen molar-refractivity contribution in [3.05, 3.63) is 48.6 Å². The van der Waals surface area contributed by atoms with Crippen LogP contribution in [0.4, 0.5) is 0 Å². The number of rotatable bonds is 4. The maximum Gasteiger partial charge on any atom is 0.243 e. The zero-order valence-electron chi connectivity index (χ0n) is 10.6. The van der Waals surface area contributed by atoms with Crippen LogP contribution >= 0.6 is 0 Å². The average molecular weight is 244 g/mol. The molecule has 96 valence electrons. The van der Waals surface area contributed by atoms with E-state index in [1.54, 1.807) is 0 Å². The summed E-state index contributed by atoms with van der Waals surface area (Å²) in [5.41, 5.74) is 1.33. The lowest BCUT2D eigenvalue weighted by Crippen LogP contribution is -2.46. The van der Waals surface area contributed by atoms with E-state index >= 15 is 0 Å². The number of likely N-dealkylation sites (tertiary alicyclic amines) is 1. The Morgan fingerprint density at radius 1 is 1.44 bits per heavy atom. The summed E-state index contributed by atoms with van der Waals surface area (Å²) in [5, 5.41) is 2.99. The van der Waals surface area contributed by atoms with Gasteiger partial charge in [0.1, 0.15) is 0 Å². The van der Waals surface area contributed by atoms with Gasteiger partial charge in [0.15, 0.2) is 0 Å². The van der Waals surface area contributed by atoms with Gasteiger partial charge in [-0.3, -0.25) is 9.69 Å².